The monoisotopic (exact) mass is 459 g/mol. The molecule has 1 atom stereocenters. The third kappa shape index (κ3) is 5.39. The summed E-state index contributed by atoms with van der Waals surface area (Å²) in [6.07, 6.45) is -4.74. The van der Waals surface area contributed by atoms with Gasteiger partial charge in [0.25, 0.3) is 5.91 Å². The summed E-state index contributed by atoms with van der Waals surface area (Å²) in [6.45, 7) is 6.27. The van der Waals surface area contributed by atoms with E-state index < -0.39 is 24.3 Å². The maximum absolute atomic E-state index is 13.8. The van der Waals surface area contributed by atoms with Crippen LogP contribution in [0.1, 0.15) is 52.3 Å². The van der Waals surface area contributed by atoms with Gasteiger partial charge in [0.15, 0.2) is 6.61 Å². The van der Waals surface area contributed by atoms with Crippen molar-refractivity contribution >= 4 is 11.6 Å². The van der Waals surface area contributed by atoms with Crippen LogP contribution in [0.4, 0.5) is 13.2 Å². The third-order valence-corrected chi connectivity index (χ3v) is 5.14. The van der Waals surface area contributed by atoms with E-state index in [1.54, 1.807) is 44.2 Å². The van der Waals surface area contributed by atoms with Gasteiger partial charge < -0.3 is 10.1 Å². The molecule has 7 nitrogen and oxygen atoms in total. The van der Waals surface area contributed by atoms with Gasteiger partial charge in [-0.3, -0.25) is 15.3 Å². The Morgan fingerprint density at radius 3 is 2.42 bits per heavy atom. The Morgan fingerprint density at radius 1 is 1.18 bits per heavy atom. The number of alkyl halides is 3. The SMILES string of the molecule is Cc1nc(OCC(=O)N[C@@H](C)c2c(C)n[nH]c2C)cc(C(F)(F)F)c1C(=N)c1ccccc1. The molecule has 0 fully saturated rings. The second-order valence-corrected chi connectivity index (χ2v) is 7.63. The van der Waals surface area contributed by atoms with Crippen LogP contribution >= 0.6 is 0 Å². The molecule has 174 valence electrons. The highest BCUT2D eigenvalue weighted by Crippen LogP contribution is 2.36. The number of amides is 1. The van der Waals surface area contributed by atoms with Crippen molar-refractivity contribution in [3.05, 3.63) is 75.7 Å². The number of carbonyl (C=O) groups is 1. The molecule has 1 amide bonds. The molecule has 0 aliphatic rings. The Kier molecular flexibility index (Phi) is 6.85. The number of rotatable bonds is 7. The van der Waals surface area contributed by atoms with E-state index in [0.29, 0.717) is 5.56 Å². The zero-order chi connectivity index (χ0) is 24.3. The van der Waals surface area contributed by atoms with E-state index in [9.17, 15) is 18.0 Å². The number of hydrogen-bond acceptors (Lipinski definition) is 5. The zero-order valence-corrected chi connectivity index (χ0v) is 18.6. The molecule has 33 heavy (non-hydrogen) atoms. The van der Waals surface area contributed by atoms with Gasteiger partial charge in [0.2, 0.25) is 5.88 Å². The number of aryl methyl sites for hydroxylation is 3. The summed E-state index contributed by atoms with van der Waals surface area (Å²) in [7, 11) is 0. The Morgan fingerprint density at radius 2 is 1.85 bits per heavy atom. The average molecular weight is 459 g/mol. The Bertz CT molecular complexity index is 1150. The molecular weight excluding hydrogens is 435 g/mol. The Hall–Kier alpha value is -3.69. The molecule has 0 radical (unpaired) electrons. The largest absolute Gasteiger partial charge is 0.468 e. The van der Waals surface area contributed by atoms with Crippen molar-refractivity contribution in [3.63, 3.8) is 0 Å². The molecule has 0 saturated heterocycles. The van der Waals surface area contributed by atoms with Crippen LogP contribution in [-0.4, -0.2) is 33.4 Å². The van der Waals surface area contributed by atoms with E-state index in [0.717, 1.165) is 23.0 Å². The van der Waals surface area contributed by atoms with Crippen molar-refractivity contribution in [1.82, 2.24) is 20.5 Å². The maximum Gasteiger partial charge on any atom is 0.417 e. The highest BCUT2D eigenvalue weighted by molar-refractivity contribution is 6.12. The second-order valence-electron chi connectivity index (χ2n) is 7.63. The lowest BCUT2D eigenvalue weighted by molar-refractivity contribution is -0.137. The zero-order valence-electron chi connectivity index (χ0n) is 18.6. The number of halogens is 3. The van der Waals surface area contributed by atoms with Crippen LogP contribution in [0.5, 0.6) is 5.88 Å². The molecule has 1 aromatic carbocycles. The van der Waals surface area contributed by atoms with E-state index in [1.165, 1.54) is 6.92 Å². The Balaban J connectivity index is 1.79. The molecular formula is C23H24F3N5O2. The summed E-state index contributed by atoms with van der Waals surface area (Å²) in [5.41, 5.74) is 1.03. The number of hydrogen-bond donors (Lipinski definition) is 3. The van der Waals surface area contributed by atoms with E-state index >= 15 is 0 Å². The predicted molar refractivity (Wildman–Crippen MR) is 116 cm³/mol. The lowest BCUT2D eigenvalue weighted by Crippen LogP contribution is -2.32. The van der Waals surface area contributed by atoms with Crippen molar-refractivity contribution in [1.29, 1.82) is 5.41 Å². The van der Waals surface area contributed by atoms with E-state index in [4.69, 9.17) is 10.1 Å². The van der Waals surface area contributed by atoms with Crippen LogP contribution in [0.25, 0.3) is 0 Å². The molecule has 0 aliphatic heterocycles. The minimum Gasteiger partial charge on any atom is -0.468 e. The Labute approximate surface area is 188 Å². The van der Waals surface area contributed by atoms with Gasteiger partial charge in [0, 0.05) is 28.5 Å². The van der Waals surface area contributed by atoms with E-state index in [2.05, 4.69) is 20.5 Å². The standard InChI is InChI=1S/C23H24F3N5O2/c1-12(20-14(3)30-31-15(20)4)28-18(32)11-33-19-10-17(23(24,25)26)21(13(2)29-19)22(27)16-8-6-5-7-9-16/h5-10,12,27H,11H2,1-4H3,(H,28,32)(H,30,31)/t12-/m0/s1. The summed E-state index contributed by atoms with van der Waals surface area (Å²) in [6, 6.07) is 8.47. The van der Waals surface area contributed by atoms with Gasteiger partial charge in [-0.25, -0.2) is 4.98 Å². The van der Waals surface area contributed by atoms with Gasteiger partial charge in [0.05, 0.1) is 28.7 Å². The number of benzene rings is 1. The molecule has 0 unspecified atom stereocenters. The summed E-state index contributed by atoms with van der Waals surface area (Å²) in [5, 5.41) is 18.0. The van der Waals surface area contributed by atoms with Gasteiger partial charge in [-0.1, -0.05) is 30.3 Å². The molecule has 3 rings (SSSR count). The molecule has 0 bridgehead atoms. The van der Waals surface area contributed by atoms with E-state index in [1.807, 2.05) is 6.92 Å². The molecule has 0 saturated carbocycles. The number of carbonyl (C=O) groups excluding carboxylic acids is 1. The molecule has 2 heterocycles. The molecule has 0 aliphatic carbocycles. The average Bonchev–Trinajstić information content (AvgIpc) is 3.09. The molecule has 2 aromatic heterocycles. The van der Waals surface area contributed by atoms with Crippen LogP contribution in [-0.2, 0) is 11.0 Å². The van der Waals surface area contributed by atoms with Gasteiger partial charge in [0.1, 0.15) is 0 Å². The van der Waals surface area contributed by atoms with Gasteiger partial charge in [-0.15, -0.1) is 0 Å². The molecule has 0 spiro atoms. The maximum atomic E-state index is 13.8. The minimum atomic E-state index is -4.74. The lowest BCUT2D eigenvalue weighted by atomic mass is 9.96. The topological polar surface area (TPSA) is 104 Å². The van der Waals surface area contributed by atoms with Gasteiger partial charge >= 0.3 is 6.18 Å². The number of nitrogens with zero attached hydrogens (tertiary/aromatic N) is 2. The van der Waals surface area contributed by atoms with Crippen molar-refractivity contribution < 1.29 is 22.7 Å². The number of ether oxygens (including phenoxy) is 1. The van der Waals surface area contributed by atoms with Crippen molar-refractivity contribution in [2.24, 2.45) is 0 Å². The number of H-pyrrole nitrogens is 1. The van der Waals surface area contributed by atoms with Crippen molar-refractivity contribution in [3.8, 4) is 5.88 Å². The number of aromatic nitrogens is 3. The third-order valence-electron chi connectivity index (χ3n) is 5.14. The summed E-state index contributed by atoms with van der Waals surface area (Å²) >= 11 is 0. The van der Waals surface area contributed by atoms with Crippen molar-refractivity contribution in [2.75, 3.05) is 6.61 Å². The fraction of sp³-hybridized carbons (Fsp3) is 0.304. The van der Waals surface area contributed by atoms with Crippen LogP contribution in [0.2, 0.25) is 0 Å². The fourth-order valence-corrected chi connectivity index (χ4v) is 3.70. The van der Waals surface area contributed by atoms with Crippen molar-refractivity contribution in [2.45, 2.75) is 39.9 Å². The fourth-order valence-electron chi connectivity index (χ4n) is 3.70. The van der Waals surface area contributed by atoms with Crippen LogP contribution in [0.3, 0.4) is 0 Å². The first-order valence-electron chi connectivity index (χ1n) is 10.2. The summed E-state index contributed by atoms with van der Waals surface area (Å²) in [5.74, 6) is -0.862. The minimum absolute atomic E-state index is 0.0212. The molecule has 3 aromatic rings. The van der Waals surface area contributed by atoms with E-state index in [-0.39, 0.29) is 28.9 Å². The number of aromatic amines is 1. The van der Waals surface area contributed by atoms with Crippen LogP contribution in [0.15, 0.2) is 36.4 Å². The first kappa shape index (κ1) is 24.0. The predicted octanol–water partition coefficient (Wildman–Crippen LogP) is 4.42. The normalized spacial score (nSPS) is 12.3. The molecule has 3 N–H and O–H groups in total. The smallest absolute Gasteiger partial charge is 0.417 e. The highest BCUT2D eigenvalue weighted by Gasteiger charge is 2.36. The number of nitrogens with one attached hydrogen (secondary N) is 3. The summed E-state index contributed by atoms with van der Waals surface area (Å²) in [4.78, 5) is 16.4. The lowest BCUT2D eigenvalue weighted by Gasteiger charge is -2.18. The highest BCUT2D eigenvalue weighted by atomic mass is 19.4. The van der Waals surface area contributed by atoms with Crippen LogP contribution in [0, 0.1) is 26.2 Å². The summed E-state index contributed by atoms with van der Waals surface area (Å²) < 4.78 is 46.7. The first-order chi connectivity index (χ1) is 15.5. The first-order valence-corrected chi connectivity index (χ1v) is 10.2. The quantitative estimate of drug-likeness (QED) is 0.455. The van der Waals surface area contributed by atoms with Crippen LogP contribution < -0.4 is 10.1 Å². The van der Waals surface area contributed by atoms with Gasteiger partial charge in [-0.05, 0) is 27.7 Å². The second kappa shape index (κ2) is 9.43. The molecule has 10 heteroatoms. The van der Waals surface area contributed by atoms with Gasteiger partial charge in [-0.2, -0.15) is 18.3 Å². The number of pyridine rings is 1.